The molecule has 0 aliphatic heterocycles. The lowest BCUT2D eigenvalue weighted by Gasteiger charge is -2.19. The van der Waals surface area contributed by atoms with E-state index >= 15 is 0 Å². The van der Waals surface area contributed by atoms with Gasteiger partial charge in [0.15, 0.2) is 0 Å². The minimum Gasteiger partial charge on any atom is -0.327 e. The summed E-state index contributed by atoms with van der Waals surface area (Å²) in [7, 11) is 1.82. The highest BCUT2D eigenvalue weighted by molar-refractivity contribution is 9.10. The van der Waals surface area contributed by atoms with Crippen LogP contribution in [0.3, 0.4) is 0 Å². The molecule has 1 aromatic carbocycles. The van der Waals surface area contributed by atoms with Crippen LogP contribution in [0.1, 0.15) is 17.7 Å². The maximum absolute atomic E-state index is 6.06. The third-order valence-corrected chi connectivity index (χ3v) is 4.53. The van der Waals surface area contributed by atoms with Crippen molar-refractivity contribution in [3.8, 4) is 0 Å². The van der Waals surface area contributed by atoms with Gasteiger partial charge in [-0.1, -0.05) is 39.8 Å². The standard InChI is InChI=1S/C11H14BrN5S/c1-7(13)10(8-3-5-9(12)6-4-8)18-11-14-15-16-17(11)2/h3-7,10H,13H2,1-2H3. The molecule has 2 aromatic rings. The van der Waals surface area contributed by atoms with E-state index in [9.17, 15) is 0 Å². The fraction of sp³-hybridized carbons (Fsp3) is 0.364. The van der Waals surface area contributed by atoms with Crippen LogP contribution in [0.5, 0.6) is 0 Å². The lowest BCUT2D eigenvalue weighted by atomic mass is 10.1. The molecule has 18 heavy (non-hydrogen) atoms. The van der Waals surface area contributed by atoms with Gasteiger partial charge in [-0.3, -0.25) is 0 Å². The van der Waals surface area contributed by atoms with Gasteiger partial charge in [-0.05, 0) is 35.0 Å². The van der Waals surface area contributed by atoms with Crippen LogP contribution in [-0.2, 0) is 7.05 Å². The predicted molar refractivity (Wildman–Crippen MR) is 75.2 cm³/mol. The molecule has 0 saturated heterocycles. The Labute approximate surface area is 118 Å². The molecule has 2 atom stereocenters. The zero-order valence-corrected chi connectivity index (χ0v) is 12.5. The van der Waals surface area contributed by atoms with Gasteiger partial charge in [0.2, 0.25) is 5.16 Å². The van der Waals surface area contributed by atoms with Crippen LogP contribution >= 0.6 is 27.7 Å². The van der Waals surface area contributed by atoms with Crippen LogP contribution < -0.4 is 5.73 Å². The second-order valence-corrected chi connectivity index (χ2v) is 6.06. The molecule has 0 amide bonds. The summed E-state index contributed by atoms with van der Waals surface area (Å²) in [5, 5.41) is 12.3. The van der Waals surface area contributed by atoms with Crippen LogP contribution in [0, 0.1) is 0 Å². The zero-order valence-electron chi connectivity index (χ0n) is 10.1. The predicted octanol–water partition coefficient (Wildman–Crippen LogP) is 2.15. The summed E-state index contributed by atoms with van der Waals surface area (Å²) >= 11 is 5.00. The maximum Gasteiger partial charge on any atom is 0.209 e. The first kappa shape index (κ1) is 13.5. The molecule has 0 spiro atoms. The van der Waals surface area contributed by atoms with E-state index in [0.29, 0.717) is 0 Å². The molecule has 0 bridgehead atoms. The molecule has 1 aromatic heterocycles. The zero-order chi connectivity index (χ0) is 13.1. The van der Waals surface area contributed by atoms with E-state index in [1.807, 2.05) is 26.1 Å². The molecule has 0 fully saturated rings. The second-order valence-electron chi connectivity index (χ2n) is 4.03. The minimum absolute atomic E-state index is 0.00729. The first-order valence-electron chi connectivity index (χ1n) is 5.48. The molecular formula is C11H14BrN5S. The number of thioether (sulfide) groups is 1. The van der Waals surface area contributed by atoms with Gasteiger partial charge in [-0.25, -0.2) is 4.68 Å². The molecule has 0 aliphatic carbocycles. The first-order chi connectivity index (χ1) is 8.58. The topological polar surface area (TPSA) is 69.6 Å². The van der Waals surface area contributed by atoms with Gasteiger partial charge < -0.3 is 5.73 Å². The molecule has 0 radical (unpaired) electrons. The summed E-state index contributed by atoms with van der Waals surface area (Å²) in [6, 6.07) is 8.16. The smallest absolute Gasteiger partial charge is 0.209 e. The molecular weight excluding hydrogens is 314 g/mol. The highest BCUT2D eigenvalue weighted by Crippen LogP contribution is 2.35. The van der Waals surface area contributed by atoms with Crippen molar-refractivity contribution in [1.82, 2.24) is 20.2 Å². The number of benzene rings is 1. The molecule has 2 rings (SSSR count). The number of tetrazole rings is 1. The highest BCUT2D eigenvalue weighted by Gasteiger charge is 2.20. The average Bonchev–Trinajstić information content (AvgIpc) is 2.73. The number of nitrogens with zero attached hydrogens (tertiary/aromatic N) is 4. The summed E-state index contributed by atoms with van der Waals surface area (Å²) in [5.41, 5.74) is 7.23. The van der Waals surface area contributed by atoms with Gasteiger partial charge in [0.1, 0.15) is 0 Å². The lowest BCUT2D eigenvalue weighted by Crippen LogP contribution is -2.23. The van der Waals surface area contributed by atoms with Crippen molar-refractivity contribution in [2.24, 2.45) is 12.8 Å². The number of nitrogens with two attached hydrogens (primary N) is 1. The van der Waals surface area contributed by atoms with Gasteiger partial charge in [0, 0.05) is 17.6 Å². The SMILES string of the molecule is CC(N)C(Sc1nnnn1C)c1ccc(Br)cc1. The van der Waals surface area contributed by atoms with Crippen molar-refractivity contribution in [3.05, 3.63) is 34.3 Å². The summed E-state index contributed by atoms with van der Waals surface area (Å²) in [6.45, 7) is 1.99. The Bertz CT molecular complexity index is 510. The van der Waals surface area contributed by atoms with E-state index in [4.69, 9.17) is 5.73 Å². The van der Waals surface area contributed by atoms with Gasteiger partial charge in [-0.2, -0.15) is 0 Å². The molecule has 2 unspecified atom stereocenters. The fourth-order valence-electron chi connectivity index (χ4n) is 1.57. The molecule has 0 aliphatic rings. The largest absolute Gasteiger partial charge is 0.327 e. The number of rotatable bonds is 4. The molecule has 2 N–H and O–H groups in total. The summed E-state index contributed by atoms with van der Waals surface area (Å²) < 4.78 is 2.71. The van der Waals surface area contributed by atoms with Crippen molar-refractivity contribution in [2.75, 3.05) is 0 Å². The summed E-state index contributed by atoms with van der Waals surface area (Å²) in [6.07, 6.45) is 0. The molecule has 5 nitrogen and oxygen atoms in total. The highest BCUT2D eigenvalue weighted by atomic mass is 79.9. The Balaban J connectivity index is 2.24. The van der Waals surface area contributed by atoms with E-state index in [-0.39, 0.29) is 11.3 Å². The lowest BCUT2D eigenvalue weighted by molar-refractivity contribution is 0.657. The van der Waals surface area contributed by atoms with Crippen molar-refractivity contribution in [2.45, 2.75) is 23.4 Å². The van der Waals surface area contributed by atoms with Crippen LogP contribution in [0.4, 0.5) is 0 Å². The Morgan fingerprint density at radius 2 is 2.00 bits per heavy atom. The molecule has 96 valence electrons. The van der Waals surface area contributed by atoms with E-state index in [2.05, 4.69) is 43.6 Å². The monoisotopic (exact) mass is 327 g/mol. The van der Waals surface area contributed by atoms with Crippen molar-refractivity contribution in [3.63, 3.8) is 0 Å². The Morgan fingerprint density at radius 1 is 1.33 bits per heavy atom. The van der Waals surface area contributed by atoms with Crippen LogP contribution in [0.2, 0.25) is 0 Å². The molecule has 0 saturated carbocycles. The molecule has 1 heterocycles. The minimum atomic E-state index is 0.00729. The van der Waals surface area contributed by atoms with Gasteiger partial charge in [0.25, 0.3) is 0 Å². The number of aromatic nitrogens is 4. The third-order valence-electron chi connectivity index (χ3n) is 2.49. The average molecular weight is 328 g/mol. The number of aryl methyl sites for hydroxylation is 1. The summed E-state index contributed by atoms with van der Waals surface area (Å²) in [5.74, 6) is 0. The number of hydrogen-bond acceptors (Lipinski definition) is 5. The van der Waals surface area contributed by atoms with Crippen molar-refractivity contribution >= 4 is 27.7 Å². The maximum atomic E-state index is 6.06. The van der Waals surface area contributed by atoms with Crippen LogP contribution in [-0.4, -0.2) is 26.2 Å². The first-order valence-corrected chi connectivity index (χ1v) is 7.15. The Kier molecular flexibility index (Phi) is 4.36. The van der Waals surface area contributed by atoms with Crippen molar-refractivity contribution < 1.29 is 0 Å². The normalized spacial score (nSPS) is 14.4. The second kappa shape index (κ2) is 5.81. The fourth-order valence-corrected chi connectivity index (χ4v) is 2.84. The van der Waals surface area contributed by atoms with Crippen molar-refractivity contribution in [1.29, 1.82) is 0 Å². The van der Waals surface area contributed by atoms with Gasteiger partial charge >= 0.3 is 0 Å². The third kappa shape index (κ3) is 3.09. The van der Waals surface area contributed by atoms with Gasteiger partial charge in [-0.15, -0.1) is 5.10 Å². The van der Waals surface area contributed by atoms with Gasteiger partial charge in [0.05, 0.1) is 5.25 Å². The van der Waals surface area contributed by atoms with E-state index in [0.717, 1.165) is 9.63 Å². The number of halogens is 1. The quantitative estimate of drug-likeness (QED) is 0.871. The Hall–Kier alpha value is -0.920. The van der Waals surface area contributed by atoms with E-state index < -0.39 is 0 Å². The van der Waals surface area contributed by atoms with Crippen LogP contribution in [0.25, 0.3) is 0 Å². The Morgan fingerprint density at radius 3 is 2.50 bits per heavy atom. The number of hydrogen-bond donors (Lipinski definition) is 1. The van der Waals surface area contributed by atoms with Crippen LogP contribution in [0.15, 0.2) is 33.9 Å². The van der Waals surface area contributed by atoms with E-state index in [1.165, 1.54) is 5.56 Å². The van der Waals surface area contributed by atoms with E-state index in [1.54, 1.807) is 16.4 Å². The summed E-state index contributed by atoms with van der Waals surface area (Å²) in [4.78, 5) is 0. The molecule has 7 heteroatoms.